The van der Waals surface area contributed by atoms with Crippen molar-refractivity contribution in [3.63, 3.8) is 0 Å². The standard InChI is InChI=1S/C24H30N4O3/c1-29-20-14-17(15-21(30-2)22(20)31-3)16-27-11-8-24(9-12-27)26-19-7-5-4-6-18(19)23-25-10-13-28(23)24/h4-7,14-15,26H,8-13,16H2,1-3H3. The fraction of sp³-hybridized carbons (Fsp3) is 0.458. The van der Waals surface area contributed by atoms with Gasteiger partial charge in [0.1, 0.15) is 11.5 Å². The Morgan fingerprint density at radius 3 is 2.35 bits per heavy atom. The molecule has 7 nitrogen and oxygen atoms in total. The third kappa shape index (κ3) is 3.37. The molecular formula is C24H30N4O3. The minimum Gasteiger partial charge on any atom is -0.493 e. The van der Waals surface area contributed by atoms with E-state index in [9.17, 15) is 0 Å². The summed E-state index contributed by atoms with van der Waals surface area (Å²) in [7, 11) is 4.95. The lowest BCUT2D eigenvalue weighted by Gasteiger charge is -2.52. The summed E-state index contributed by atoms with van der Waals surface area (Å²) >= 11 is 0. The van der Waals surface area contributed by atoms with Gasteiger partial charge in [0.2, 0.25) is 5.75 Å². The highest BCUT2D eigenvalue weighted by Gasteiger charge is 2.46. The van der Waals surface area contributed by atoms with E-state index < -0.39 is 0 Å². The first kappa shape index (κ1) is 20.0. The van der Waals surface area contributed by atoms with Gasteiger partial charge in [-0.15, -0.1) is 0 Å². The molecule has 0 aromatic heterocycles. The minimum absolute atomic E-state index is 0.0462. The van der Waals surface area contributed by atoms with Crippen LogP contribution in [0, 0.1) is 0 Å². The number of hydrogen-bond acceptors (Lipinski definition) is 7. The molecule has 0 radical (unpaired) electrons. The first-order chi connectivity index (χ1) is 15.2. The van der Waals surface area contributed by atoms with Crippen molar-refractivity contribution in [3.05, 3.63) is 47.5 Å². The molecule has 0 saturated carbocycles. The number of nitrogens with zero attached hydrogens (tertiary/aromatic N) is 3. The summed E-state index contributed by atoms with van der Waals surface area (Å²) < 4.78 is 16.5. The lowest BCUT2D eigenvalue weighted by atomic mass is 9.90. The molecule has 2 aromatic rings. The van der Waals surface area contributed by atoms with E-state index >= 15 is 0 Å². The molecule has 3 aliphatic rings. The molecule has 1 N–H and O–H groups in total. The van der Waals surface area contributed by atoms with Gasteiger partial charge in [-0.1, -0.05) is 12.1 Å². The number of anilines is 1. The average molecular weight is 423 g/mol. The zero-order chi connectivity index (χ0) is 21.4. The van der Waals surface area contributed by atoms with Crippen LogP contribution in [0.25, 0.3) is 0 Å². The van der Waals surface area contributed by atoms with Gasteiger partial charge in [0, 0.05) is 50.3 Å². The smallest absolute Gasteiger partial charge is 0.203 e. The molecule has 0 atom stereocenters. The molecule has 31 heavy (non-hydrogen) atoms. The number of ether oxygens (including phenoxy) is 3. The van der Waals surface area contributed by atoms with E-state index in [0.717, 1.165) is 57.0 Å². The van der Waals surface area contributed by atoms with Crippen molar-refractivity contribution in [2.75, 3.05) is 52.8 Å². The maximum Gasteiger partial charge on any atom is 0.203 e. The molecule has 3 heterocycles. The average Bonchev–Trinajstić information content (AvgIpc) is 3.31. The monoisotopic (exact) mass is 422 g/mol. The molecule has 0 amide bonds. The second kappa shape index (κ2) is 7.96. The first-order valence-corrected chi connectivity index (χ1v) is 10.9. The number of benzene rings is 2. The van der Waals surface area contributed by atoms with Gasteiger partial charge in [-0.2, -0.15) is 0 Å². The van der Waals surface area contributed by atoms with Crippen LogP contribution in [-0.2, 0) is 6.54 Å². The molecule has 1 spiro atoms. The predicted molar refractivity (Wildman–Crippen MR) is 122 cm³/mol. The minimum atomic E-state index is -0.0462. The van der Waals surface area contributed by atoms with E-state index in [0.29, 0.717) is 17.2 Å². The number of nitrogens with one attached hydrogen (secondary N) is 1. The largest absolute Gasteiger partial charge is 0.493 e. The van der Waals surface area contributed by atoms with Crippen molar-refractivity contribution in [1.82, 2.24) is 9.80 Å². The quantitative estimate of drug-likeness (QED) is 0.799. The lowest BCUT2D eigenvalue weighted by Crippen LogP contribution is -2.63. The van der Waals surface area contributed by atoms with Crippen molar-refractivity contribution in [2.45, 2.75) is 25.0 Å². The Hall–Kier alpha value is -2.93. The highest BCUT2D eigenvalue weighted by molar-refractivity contribution is 6.06. The van der Waals surface area contributed by atoms with E-state index in [-0.39, 0.29) is 5.66 Å². The van der Waals surface area contributed by atoms with E-state index in [1.54, 1.807) is 21.3 Å². The summed E-state index contributed by atoms with van der Waals surface area (Å²) in [4.78, 5) is 9.85. The highest BCUT2D eigenvalue weighted by Crippen LogP contribution is 2.41. The van der Waals surface area contributed by atoms with E-state index in [4.69, 9.17) is 19.2 Å². The summed E-state index contributed by atoms with van der Waals surface area (Å²) in [6, 6.07) is 12.6. The lowest BCUT2D eigenvalue weighted by molar-refractivity contribution is 0.0895. The van der Waals surface area contributed by atoms with Crippen LogP contribution in [-0.4, -0.2) is 68.8 Å². The van der Waals surface area contributed by atoms with Crippen LogP contribution in [0.1, 0.15) is 24.0 Å². The molecule has 5 rings (SSSR count). The van der Waals surface area contributed by atoms with Crippen LogP contribution in [0.4, 0.5) is 5.69 Å². The van der Waals surface area contributed by atoms with Crippen LogP contribution in [0.15, 0.2) is 41.4 Å². The molecule has 0 bridgehead atoms. The molecule has 1 saturated heterocycles. The van der Waals surface area contributed by atoms with Gasteiger partial charge in [-0.3, -0.25) is 9.89 Å². The Bertz CT molecular complexity index is 973. The van der Waals surface area contributed by atoms with E-state index in [1.165, 1.54) is 11.3 Å². The summed E-state index contributed by atoms with van der Waals surface area (Å²) in [5.41, 5.74) is 3.55. The topological polar surface area (TPSA) is 58.6 Å². The number of para-hydroxylation sites is 1. The molecule has 0 unspecified atom stereocenters. The number of hydrogen-bond donors (Lipinski definition) is 1. The molecular weight excluding hydrogens is 392 g/mol. The van der Waals surface area contributed by atoms with Crippen molar-refractivity contribution in [3.8, 4) is 17.2 Å². The number of fused-ring (bicyclic) bond motifs is 4. The van der Waals surface area contributed by atoms with Crippen LogP contribution < -0.4 is 19.5 Å². The predicted octanol–water partition coefficient (Wildman–Crippen LogP) is 3.19. The number of piperidine rings is 1. The Labute approximate surface area is 183 Å². The van der Waals surface area contributed by atoms with Gasteiger partial charge in [0.05, 0.1) is 27.9 Å². The molecule has 2 aromatic carbocycles. The zero-order valence-corrected chi connectivity index (χ0v) is 18.5. The SMILES string of the molecule is COc1cc(CN2CCC3(CC2)Nc2ccccc2C2=NCCN23)cc(OC)c1OC. The van der Waals surface area contributed by atoms with Crippen LogP contribution in [0.5, 0.6) is 17.2 Å². The Morgan fingerprint density at radius 1 is 0.968 bits per heavy atom. The molecule has 164 valence electrons. The van der Waals surface area contributed by atoms with Gasteiger partial charge in [-0.05, 0) is 29.8 Å². The Morgan fingerprint density at radius 2 is 1.68 bits per heavy atom. The van der Waals surface area contributed by atoms with Crippen molar-refractivity contribution in [1.29, 1.82) is 0 Å². The fourth-order valence-corrected chi connectivity index (χ4v) is 5.16. The zero-order valence-electron chi connectivity index (χ0n) is 18.5. The summed E-state index contributed by atoms with van der Waals surface area (Å²) in [6.07, 6.45) is 2.09. The molecule has 0 aliphatic carbocycles. The molecule has 7 heteroatoms. The van der Waals surface area contributed by atoms with Crippen LogP contribution >= 0.6 is 0 Å². The van der Waals surface area contributed by atoms with Crippen molar-refractivity contribution < 1.29 is 14.2 Å². The molecule has 1 fully saturated rings. The number of amidine groups is 1. The first-order valence-electron chi connectivity index (χ1n) is 10.9. The van der Waals surface area contributed by atoms with Gasteiger partial charge in [-0.25, -0.2) is 0 Å². The number of rotatable bonds is 5. The second-order valence-electron chi connectivity index (χ2n) is 8.37. The fourth-order valence-electron chi connectivity index (χ4n) is 5.16. The Balaban J connectivity index is 1.33. The second-order valence-corrected chi connectivity index (χ2v) is 8.37. The van der Waals surface area contributed by atoms with Gasteiger partial charge < -0.3 is 24.4 Å². The van der Waals surface area contributed by atoms with E-state index in [1.807, 2.05) is 12.1 Å². The third-order valence-electron chi connectivity index (χ3n) is 6.71. The van der Waals surface area contributed by atoms with Gasteiger partial charge in [0.25, 0.3) is 0 Å². The number of aliphatic imine (C=N–C) groups is 1. The summed E-state index contributed by atoms with van der Waals surface area (Å²) in [6.45, 7) is 4.74. The maximum absolute atomic E-state index is 5.53. The van der Waals surface area contributed by atoms with Gasteiger partial charge >= 0.3 is 0 Å². The number of methoxy groups -OCH3 is 3. The Kier molecular flexibility index (Phi) is 5.14. The normalized spacial score (nSPS) is 19.3. The highest BCUT2D eigenvalue weighted by atomic mass is 16.5. The summed E-state index contributed by atoms with van der Waals surface area (Å²) in [5.74, 6) is 3.20. The van der Waals surface area contributed by atoms with Crippen molar-refractivity contribution in [2.24, 2.45) is 4.99 Å². The number of likely N-dealkylation sites (tertiary alicyclic amines) is 1. The van der Waals surface area contributed by atoms with Gasteiger partial charge in [0.15, 0.2) is 11.5 Å². The maximum atomic E-state index is 5.53. The van der Waals surface area contributed by atoms with Crippen molar-refractivity contribution >= 4 is 11.5 Å². The molecule has 3 aliphatic heterocycles. The van der Waals surface area contributed by atoms with E-state index in [2.05, 4.69) is 39.4 Å². The summed E-state index contributed by atoms with van der Waals surface area (Å²) in [5, 5.41) is 3.88. The van der Waals surface area contributed by atoms with Crippen LogP contribution in [0.3, 0.4) is 0 Å². The van der Waals surface area contributed by atoms with Crippen LogP contribution in [0.2, 0.25) is 0 Å². The third-order valence-corrected chi connectivity index (χ3v) is 6.71.